The lowest BCUT2D eigenvalue weighted by molar-refractivity contribution is 0.0487. The molecule has 27 heavy (non-hydrogen) atoms. The Bertz CT molecular complexity index is 495. The van der Waals surface area contributed by atoms with Crippen molar-refractivity contribution in [3.63, 3.8) is 0 Å². The number of guanidine groups is 1. The molecule has 1 aromatic rings. The molecular weight excluding hydrogens is 344 g/mol. The Labute approximate surface area is 163 Å². The first-order chi connectivity index (χ1) is 13.3. The summed E-state index contributed by atoms with van der Waals surface area (Å²) in [7, 11) is 0. The van der Waals surface area contributed by atoms with Gasteiger partial charge in [-0.2, -0.15) is 0 Å². The van der Waals surface area contributed by atoms with Crippen LogP contribution in [0, 0.1) is 0 Å². The van der Waals surface area contributed by atoms with Crippen LogP contribution in [0.5, 0.6) is 5.88 Å². The maximum Gasteiger partial charge on any atom is 0.213 e. The highest BCUT2D eigenvalue weighted by molar-refractivity contribution is 5.79. The van der Waals surface area contributed by atoms with Gasteiger partial charge in [-0.15, -0.1) is 0 Å². The smallest absolute Gasteiger partial charge is 0.213 e. The highest BCUT2D eigenvalue weighted by Crippen LogP contribution is 2.08. The molecule has 2 N–H and O–H groups in total. The fourth-order valence-corrected chi connectivity index (χ4v) is 2.12. The normalized spacial score (nSPS) is 11.4. The molecule has 0 aromatic carbocycles. The Hall–Kier alpha value is -1.86. The van der Waals surface area contributed by atoms with Gasteiger partial charge >= 0.3 is 0 Å². The van der Waals surface area contributed by atoms with Crippen LogP contribution >= 0.6 is 0 Å². The van der Waals surface area contributed by atoms with Gasteiger partial charge in [0.1, 0.15) is 0 Å². The van der Waals surface area contributed by atoms with E-state index in [9.17, 15) is 0 Å². The van der Waals surface area contributed by atoms with Gasteiger partial charge in [-0.25, -0.2) is 9.98 Å². The number of aromatic nitrogens is 1. The van der Waals surface area contributed by atoms with E-state index in [2.05, 4.69) is 34.5 Å². The molecular formula is C20H36N4O3. The lowest BCUT2D eigenvalue weighted by Crippen LogP contribution is -2.39. The second-order valence-corrected chi connectivity index (χ2v) is 6.05. The molecule has 0 fully saturated rings. The van der Waals surface area contributed by atoms with Gasteiger partial charge in [0.2, 0.25) is 5.88 Å². The number of hydrogen-bond donors (Lipinski definition) is 2. The Morgan fingerprint density at radius 3 is 2.44 bits per heavy atom. The number of nitrogens with one attached hydrogen (secondary N) is 2. The quantitative estimate of drug-likeness (QED) is 0.277. The van der Waals surface area contributed by atoms with Crippen LogP contribution in [0.25, 0.3) is 0 Å². The van der Waals surface area contributed by atoms with E-state index < -0.39 is 0 Å². The molecule has 7 nitrogen and oxygen atoms in total. The van der Waals surface area contributed by atoms with Crippen LogP contribution in [-0.4, -0.2) is 57.1 Å². The van der Waals surface area contributed by atoms with Gasteiger partial charge in [-0.05, 0) is 25.3 Å². The maximum absolute atomic E-state index is 5.56. The van der Waals surface area contributed by atoms with Crippen LogP contribution in [0.4, 0.5) is 0 Å². The highest BCUT2D eigenvalue weighted by Gasteiger charge is 1.99. The highest BCUT2D eigenvalue weighted by atomic mass is 16.5. The lowest BCUT2D eigenvalue weighted by atomic mass is 10.3. The summed E-state index contributed by atoms with van der Waals surface area (Å²) >= 11 is 0. The van der Waals surface area contributed by atoms with Crippen molar-refractivity contribution < 1.29 is 14.2 Å². The van der Waals surface area contributed by atoms with Crippen molar-refractivity contribution in [2.45, 2.75) is 46.6 Å². The van der Waals surface area contributed by atoms with Gasteiger partial charge in [0, 0.05) is 32.0 Å². The molecule has 154 valence electrons. The second-order valence-electron chi connectivity index (χ2n) is 6.05. The third-order valence-electron chi connectivity index (χ3n) is 3.57. The van der Waals surface area contributed by atoms with Gasteiger partial charge < -0.3 is 24.8 Å². The van der Waals surface area contributed by atoms with Gasteiger partial charge in [0.25, 0.3) is 0 Å². The number of hydrogen-bond acceptors (Lipinski definition) is 5. The Balaban J connectivity index is 2.25. The SMILES string of the molecule is CCCCOCCOCCNC(=NCc1ccc(OCCC)nc1)NCC. The van der Waals surface area contributed by atoms with Crippen molar-refractivity contribution in [1.29, 1.82) is 0 Å². The van der Waals surface area contributed by atoms with E-state index in [0.717, 1.165) is 43.9 Å². The first kappa shape index (κ1) is 23.2. The van der Waals surface area contributed by atoms with E-state index in [4.69, 9.17) is 14.2 Å². The fraction of sp³-hybridized carbons (Fsp3) is 0.700. The van der Waals surface area contributed by atoms with Gasteiger partial charge in [-0.3, -0.25) is 0 Å². The number of rotatable bonds is 15. The summed E-state index contributed by atoms with van der Waals surface area (Å²) in [5.41, 5.74) is 1.04. The molecule has 0 radical (unpaired) electrons. The fourth-order valence-electron chi connectivity index (χ4n) is 2.12. The molecule has 1 aromatic heterocycles. The Kier molecular flexibility index (Phi) is 14.0. The van der Waals surface area contributed by atoms with Crippen molar-refractivity contribution >= 4 is 5.96 Å². The van der Waals surface area contributed by atoms with E-state index in [1.54, 1.807) is 6.20 Å². The monoisotopic (exact) mass is 380 g/mol. The summed E-state index contributed by atoms with van der Waals surface area (Å²) < 4.78 is 16.5. The van der Waals surface area contributed by atoms with Gasteiger partial charge in [-0.1, -0.05) is 26.3 Å². The predicted molar refractivity (Wildman–Crippen MR) is 109 cm³/mol. The summed E-state index contributed by atoms with van der Waals surface area (Å²) in [5, 5.41) is 6.50. The molecule has 0 spiro atoms. The second kappa shape index (κ2) is 16.3. The number of nitrogens with zero attached hydrogens (tertiary/aromatic N) is 2. The Morgan fingerprint density at radius 1 is 0.963 bits per heavy atom. The van der Waals surface area contributed by atoms with E-state index in [0.29, 0.717) is 45.4 Å². The molecule has 0 saturated carbocycles. The Morgan fingerprint density at radius 2 is 1.78 bits per heavy atom. The third-order valence-corrected chi connectivity index (χ3v) is 3.57. The van der Waals surface area contributed by atoms with Crippen molar-refractivity contribution in [3.8, 4) is 5.88 Å². The van der Waals surface area contributed by atoms with Crippen LogP contribution in [0.15, 0.2) is 23.3 Å². The van der Waals surface area contributed by atoms with Crippen molar-refractivity contribution in [3.05, 3.63) is 23.9 Å². The molecule has 0 atom stereocenters. The molecule has 0 bridgehead atoms. The van der Waals surface area contributed by atoms with Crippen molar-refractivity contribution in [2.75, 3.05) is 46.1 Å². The third kappa shape index (κ3) is 12.2. The standard InChI is InChI=1S/C20H36N4O3/c1-4-7-12-25-14-15-26-13-10-22-20(21-6-3)24-17-18-8-9-19(23-16-18)27-11-5-2/h8-9,16H,4-7,10-15,17H2,1-3H3,(H2,21,22,24). The number of pyridine rings is 1. The van der Waals surface area contributed by atoms with Crippen LogP contribution in [0.3, 0.4) is 0 Å². The largest absolute Gasteiger partial charge is 0.478 e. The number of ether oxygens (including phenoxy) is 3. The minimum absolute atomic E-state index is 0.558. The van der Waals surface area contributed by atoms with E-state index in [1.807, 2.05) is 19.1 Å². The zero-order valence-corrected chi connectivity index (χ0v) is 17.1. The predicted octanol–water partition coefficient (Wildman–Crippen LogP) is 2.76. The zero-order chi connectivity index (χ0) is 19.6. The summed E-state index contributed by atoms with van der Waals surface area (Å²) in [4.78, 5) is 8.88. The van der Waals surface area contributed by atoms with E-state index >= 15 is 0 Å². The molecule has 0 aliphatic rings. The van der Waals surface area contributed by atoms with Crippen LogP contribution in [0.2, 0.25) is 0 Å². The molecule has 1 rings (SSSR count). The van der Waals surface area contributed by atoms with E-state index in [1.165, 1.54) is 0 Å². The lowest BCUT2D eigenvalue weighted by Gasteiger charge is -2.12. The summed E-state index contributed by atoms with van der Waals surface area (Å²) in [6.45, 7) is 11.7. The van der Waals surface area contributed by atoms with E-state index in [-0.39, 0.29) is 0 Å². The van der Waals surface area contributed by atoms with Gasteiger partial charge in [0.15, 0.2) is 5.96 Å². The average molecular weight is 381 g/mol. The molecule has 1 heterocycles. The molecule has 0 saturated heterocycles. The summed E-state index contributed by atoms with van der Waals surface area (Å²) in [6, 6.07) is 3.88. The summed E-state index contributed by atoms with van der Waals surface area (Å²) in [6.07, 6.45) is 5.04. The van der Waals surface area contributed by atoms with Crippen LogP contribution in [0.1, 0.15) is 45.6 Å². The van der Waals surface area contributed by atoms with Gasteiger partial charge in [0.05, 0.1) is 33.0 Å². The minimum Gasteiger partial charge on any atom is -0.478 e. The minimum atomic E-state index is 0.558. The van der Waals surface area contributed by atoms with Crippen LogP contribution < -0.4 is 15.4 Å². The molecule has 0 aliphatic heterocycles. The topological polar surface area (TPSA) is 77.0 Å². The molecule has 0 aliphatic carbocycles. The first-order valence-electron chi connectivity index (χ1n) is 10.1. The molecule has 7 heteroatoms. The maximum atomic E-state index is 5.56. The first-order valence-corrected chi connectivity index (χ1v) is 10.1. The average Bonchev–Trinajstić information content (AvgIpc) is 2.70. The number of aliphatic imine (C=N–C) groups is 1. The zero-order valence-electron chi connectivity index (χ0n) is 17.1. The molecule has 0 unspecified atom stereocenters. The van der Waals surface area contributed by atoms with Crippen molar-refractivity contribution in [2.24, 2.45) is 4.99 Å². The summed E-state index contributed by atoms with van der Waals surface area (Å²) in [5.74, 6) is 1.43. The molecule has 0 amide bonds. The number of unbranched alkanes of at least 4 members (excludes halogenated alkanes) is 1. The van der Waals surface area contributed by atoms with Crippen LogP contribution in [-0.2, 0) is 16.0 Å². The van der Waals surface area contributed by atoms with Crippen molar-refractivity contribution in [1.82, 2.24) is 15.6 Å².